The van der Waals surface area contributed by atoms with Gasteiger partial charge in [-0.05, 0) is 68.2 Å². The zero-order valence-electron chi connectivity index (χ0n) is 16.9. The van der Waals surface area contributed by atoms with E-state index < -0.39 is 0 Å². The van der Waals surface area contributed by atoms with Crippen molar-refractivity contribution in [3.05, 3.63) is 65.1 Å². The van der Waals surface area contributed by atoms with E-state index in [0.717, 1.165) is 36.1 Å². The number of allylic oxidation sites excluding steroid dienone is 1. The van der Waals surface area contributed by atoms with Crippen LogP contribution in [0.15, 0.2) is 48.3 Å². The van der Waals surface area contributed by atoms with Crippen molar-refractivity contribution in [1.82, 2.24) is 9.97 Å². The van der Waals surface area contributed by atoms with E-state index in [1.165, 1.54) is 5.57 Å². The summed E-state index contributed by atoms with van der Waals surface area (Å²) in [7, 11) is 0. The number of aryl methyl sites for hydroxylation is 1. The molecule has 1 aliphatic carbocycles. The summed E-state index contributed by atoms with van der Waals surface area (Å²) in [5.74, 6) is 1.02. The molecule has 2 aromatic heterocycles. The second-order valence-electron chi connectivity index (χ2n) is 7.79. The molecule has 2 heterocycles. The second kappa shape index (κ2) is 9.11. The molecular weight excluding hydrogens is 350 g/mol. The first-order valence-corrected chi connectivity index (χ1v) is 9.94. The van der Waals surface area contributed by atoms with Crippen molar-refractivity contribution in [1.29, 1.82) is 0 Å². The highest BCUT2D eigenvalue weighted by Gasteiger charge is 2.29. The molecular formula is C23H29N3O2. The van der Waals surface area contributed by atoms with Gasteiger partial charge < -0.3 is 10.5 Å². The number of hydrogen-bond acceptors (Lipinski definition) is 5. The van der Waals surface area contributed by atoms with Gasteiger partial charge in [-0.1, -0.05) is 24.6 Å². The van der Waals surface area contributed by atoms with E-state index in [0.29, 0.717) is 17.7 Å². The predicted octanol–water partition coefficient (Wildman–Crippen LogP) is 3.80. The van der Waals surface area contributed by atoms with Crippen LogP contribution in [0.25, 0.3) is 0 Å². The zero-order chi connectivity index (χ0) is 20.1. The van der Waals surface area contributed by atoms with Crippen LogP contribution in [0.5, 0.6) is 5.88 Å². The van der Waals surface area contributed by atoms with E-state index in [2.05, 4.69) is 29.9 Å². The first kappa shape index (κ1) is 20.2. The number of ether oxygens (including phenoxy) is 1. The predicted molar refractivity (Wildman–Crippen MR) is 110 cm³/mol. The Bertz CT molecular complexity index is 848. The normalized spacial score (nSPS) is 23.6. The Morgan fingerprint density at radius 2 is 2.00 bits per heavy atom. The summed E-state index contributed by atoms with van der Waals surface area (Å²) in [5.41, 5.74) is 10.6. The van der Waals surface area contributed by atoms with Crippen LogP contribution in [0.4, 0.5) is 0 Å². The Balaban J connectivity index is 1.71. The van der Waals surface area contributed by atoms with Crippen molar-refractivity contribution in [2.75, 3.05) is 0 Å². The van der Waals surface area contributed by atoms with Gasteiger partial charge in [0.1, 0.15) is 0 Å². The Labute approximate surface area is 167 Å². The summed E-state index contributed by atoms with van der Waals surface area (Å²) in [4.78, 5) is 20.8. The number of esters is 1. The van der Waals surface area contributed by atoms with Crippen LogP contribution < -0.4 is 10.5 Å². The fraction of sp³-hybridized carbons (Fsp3) is 0.435. The molecule has 1 saturated carbocycles. The minimum Gasteiger partial charge on any atom is -0.407 e. The third kappa shape index (κ3) is 5.04. The number of nitrogens with zero attached hydrogens (tertiary/aromatic N) is 2. The highest BCUT2D eigenvalue weighted by molar-refractivity contribution is 5.74. The van der Waals surface area contributed by atoms with E-state index in [4.69, 9.17) is 10.5 Å². The standard InChI is InChI=1S/C23H29N3O2/c1-4-19-18(11-15(2)12-20(19)24)14-21-16(3)5-6-22(26-21)28-23(27)13-17-7-9-25-10-8-17/h4-10,15,18,20H,11-14,24H2,1-3H3/b19-4+. The van der Waals surface area contributed by atoms with Gasteiger partial charge in [0.05, 0.1) is 6.42 Å². The molecule has 5 nitrogen and oxygen atoms in total. The number of aromatic nitrogens is 2. The van der Waals surface area contributed by atoms with Crippen LogP contribution in [0.1, 0.15) is 43.5 Å². The summed E-state index contributed by atoms with van der Waals surface area (Å²) >= 11 is 0. The maximum atomic E-state index is 12.2. The molecule has 0 amide bonds. The smallest absolute Gasteiger partial charge is 0.316 e. The van der Waals surface area contributed by atoms with Gasteiger partial charge in [0.15, 0.2) is 0 Å². The number of pyridine rings is 2. The maximum absolute atomic E-state index is 12.2. The first-order valence-electron chi connectivity index (χ1n) is 9.94. The van der Waals surface area contributed by atoms with Gasteiger partial charge in [-0.25, -0.2) is 4.98 Å². The molecule has 1 aliphatic rings. The molecule has 28 heavy (non-hydrogen) atoms. The van der Waals surface area contributed by atoms with E-state index in [-0.39, 0.29) is 18.4 Å². The van der Waals surface area contributed by atoms with Crippen LogP contribution >= 0.6 is 0 Å². The molecule has 2 N–H and O–H groups in total. The summed E-state index contributed by atoms with van der Waals surface area (Å²) in [6, 6.07) is 7.47. The zero-order valence-corrected chi connectivity index (χ0v) is 16.9. The molecule has 1 fully saturated rings. The Morgan fingerprint density at radius 3 is 2.71 bits per heavy atom. The molecule has 0 saturated heterocycles. The van der Waals surface area contributed by atoms with Gasteiger partial charge in [-0.2, -0.15) is 0 Å². The monoisotopic (exact) mass is 379 g/mol. The fourth-order valence-electron chi connectivity index (χ4n) is 4.11. The summed E-state index contributed by atoms with van der Waals surface area (Å²) in [6.07, 6.45) is 8.66. The Morgan fingerprint density at radius 1 is 1.25 bits per heavy atom. The molecule has 5 heteroatoms. The Kier molecular flexibility index (Phi) is 6.57. The van der Waals surface area contributed by atoms with Crippen molar-refractivity contribution < 1.29 is 9.53 Å². The topological polar surface area (TPSA) is 78.1 Å². The van der Waals surface area contributed by atoms with Crippen molar-refractivity contribution in [2.45, 2.75) is 52.5 Å². The number of carbonyl (C=O) groups excluding carboxylic acids is 1. The lowest BCUT2D eigenvalue weighted by Crippen LogP contribution is -2.35. The molecule has 0 aliphatic heterocycles. The lowest BCUT2D eigenvalue weighted by atomic mass is 9.73. The van der Waals surface area contributed by atoms with Crippen LogP contribution in [0.3, 0.4) is 0 Å². The van der Waals surface area contributed by atoms with Gasteiger partial charge in [0.2, 0.25) is 5.88 Å². The second-order valence-corrected chi connectivity index (χ2v) is 7.79. The maximum Gasteiger partial charge on any atom is 0.316 e. The number of carbonyl (C=O) groups is 1. The summed E-state index contributed by atoms with van der Waals surface area (Å²) in [5, 5.41) is 0. The third-order valence-electron chi connectivity index (χ3n) is 5.51. The minimum absolute atomic E-state index is 0.125. The highest BCUT2D eigenvalue weighted by Crippen LogP contribution is 2.35. The molecule has 3 rings (SSSR count). The van der Waals surface area contributed by atoms with Crippen molar-refractivity contribution in [3.8, 4) is 5.88 Å². The van der Waals surface area contributed by atoms with Gasteiger partial charge >= 0.3 is 5.97 Å². The summed E-state index contributed by atoms with van der Waals surface area (Å²) in [6.45, 7) is 6.37. The molecule has 2 aromatic rings. The van der Waals surface area contributed by atoms with Crippen LogP contribution in [-0.2, 0) is 17.6 Å². The average Bonchev–Trinajstić information content (AvgIpc) is 2.65. The van der Waals surface area contributed by atoms with Gasteiger partial charge in [-0.3, -0.25) is 9.78 Å². The van der Waals surface area contributed by atoms with Crippen LogP contribution in [-0.4, -0.2) is 22.0 Å². The van der Waals surface area contributed by atoms with E-state index >= 15 is 0 Å². The molecule has 3 atom stereocenters. The third-order valence-corrected chi connectivity index (χ3v) is 5.51. The van der Waals surface area contributed by atoms with Crippen molar-refractivity contribution in [3.63, 3.8) is 0 Å². The number of hydrogen-bond donors (Lipinski definition) is 1. The Hall–Kier alpha value is -2.53. The van der Waals surface area contributed by atoms with E-state index in [1.807, 2.05) is 13.0 Å². The molecule has 0 aromatic carbocycles. The average molecular weight is 380 g/mol. The SMILES string of the molecule is C/C=C1/C(N)CC(C)CC1Cc1nc(OC(=O)Cc2ccncc2)ccc1C. The highest BCUT2D eigenvalue weighted by atomic mass is 16.5. The van der Waals surface area contributed by atoms with Gasteiger partial charge in [0.25, 0.3) is 0 Å². The van der Waals surface area contributed by atoms with Crippen LogP contribution in [0, 0.1) is 18.8 Å². The largest absolute Gasteiger partial charge is 0.407 e. The minimum atomic E-state index is -0.323. The number of nitrogens with two attached hydrogens (primary N) is 1. The molecule has 148 valence electrons. The molecule has 0 spiro atoms. The molecule has 0 radical (unpaired) electrons. The number of rotatable bonds is 5. The van der Waals surface area contributed by atoms with E-state index in [9.17, 15) is 4.79 Å². The molecule has 0 bridgehead atoms. The van der Waals surface area contributed by atoms with E-state index in [1.54, 1.807) is 30.6 Å². The van der Waals surface area contributed by atoms with Crippen molar-refractivity contribution in [2.24, 2.45) is 17.6 Å². The lowest BCUT2D eigenvalue weighted by Gasteiger charge is -2.34. The lowest BCUT2D eigenvalue weighted by molar-refractivity contribution is -0.133. The van der Waals surface area contributed by atoms with Gasteiger partial charge in [0, 0.05) is 30.2 Å². The van der Waals surface area contributed by atoms with Crippen LogP contribution in [0.2, 0.25) is 0 Å². The van der Waals surface area contributed by atoms with Crippen molar-refractivity contribution >= 4 is 5.97 Å². The fourth-order valence-corrected chi connectivity index (χ4v) is 4.11. The summed E-state index contributed by atoms with van der Waals surface area (Å²) < 4.78 is 5.49. The molecule has 3 unspecified atom stereocenters. The van der Waals surface area contributed by atoms with Gasteiger partial charge in [-0.15, -0.1) is 0 Å². The quantitative estimate of drug-likeness (QED) is 0.631. The first-order chi connectivity index (χ1) is 13.5.